The van der Waals surface area contributed by atoms with E-state index in [0.717, 1.165) is 31.4 Å². The van der Waals surface area contributed by atoms with Crippen molar-refractivity contribution in [2.45, 2.75) is 31.7 Å². The van der Waals surface area contributed by atoms with Gasteiger partial charge in [0.25, 0.3) is 0 Å². The topological polar surface area (TPSA) is 35.8 Å². The molecule has 0 radical (unpaired) electrons. The van der Waals surface area contributed by atoms with Gasteiger partial charge in [-0.1, -0.05) is 30.3 Å². The molecule has 2 heteroatoms. The quantitative estimate of drug-likeness (QED) is 0.753. The highest BCUT2D eigenvalue weighted by Gasteiger charge is 2.27. The van der Waals surface area contributed by atoms with Crippen molar-refractivity contribution < 1.29 is 0 Å². The Morgan fingerprint density at radius 2 is 1.86 bits per heavy atom. The lowest BCUT2D eigenvalue weighted by Crippen LogP contribution is -2.22. The SMILES string of the molecule is N#CC1CCCC1Nc1ccc2c(c1)Cc1ccccc1-2. The normalized spacial score (nSPS) is 22.4. The minimum atomic E-state index is 0.162. The van der Waals surface area contributed by atoms with Crippen LogP contribution in [0.1, 0.15) is 30.4 Å². The van der Waals surface area contributed by atoms with E-state index in [-0.39, 0.29) is 5.92 Å². The van der Waals surface area contributed by atoms with Gasteiger partial charge in [0.1, 0.15) is 0 Å². The molecule has 2 unspecified atom stereocenters. The number of hydrogen-bond acceptors (Lipinski definition) is 2. The highest BCUT2D eigenvalue weighted by Crippen LogP contribution is 2.38. The summed E-state index contributed by atoms with van der Waals surface area (Å²) in [6.07, 6.45) is 4.32. The molecule has 1 N–H and O–H groups in total. The van der Waals surface area contributed by atoms with E-state index in [0.29, 0.717) is 6.04 Å². The summed E-state index contributed by atoms with van der Waals surface area (Å²) in [6, 6.07) is 18.0. The first-order valence-corrected chi connectivity index (χ1v) is 7.72. The first kappa shape index (κ1) is 12.5. The molecule has 2 atom stereocenters. The van der Waals surface area contributed by atoms with Crippen molar-refractivity contribution in [3.63, 3.8) is 0 Å². The zero-order valence-corrected chi connectivity index (χ0v) is 12.0. The summed E-state index contributed by atoms with van der Waals surface area (Å²) >= 11 is 0. The highest BCUT2D eigenvalue weighted by atomic mass is 14.9. The summed E-state index contributed by atoms with van der Waals surface area (Å²) in [7, 11) is 0. The minimum Gasteiger partial charge on any atom is -0.381 e. The lowest BCUT2D eigenvalue weighted by molar-refractivity contribution is 0.630. The molecule has 0 heterocycles. The molecular formula is C19H18N2. The van der Waals surface area contributed by atoms with E-state index in [1.807, 2.05) is 0 Å². The van der Waals surface area contributed by atoms with Crippen molar-refractivity contribution >= 4 is 5.69 Å². The van der Waals surface area contributed by atoms with Crippen LogP contribution in [0.15, 0.2) is 42.5 Å². The fraction of sp³-hybridized carbons (Fsp3) is 0.316. The lowest BCUT2D eigenvalue weighted by Gasteiger charge is -2.17. The first-order chi connectivity index (χ1) is 10.3. The number of fused-ring (bicyclic) bond motifs is 3. The van der Waals surface area contributed by atoms with Crippen molar-refractivity contribution in [2.75, 3.05) is 5.32 Å². The third kappa shape index (κ3) is 2.10. The summed E-state index contributed by atoms with van der Waals surface area (Å²) in [6.45, 7) is 0. The summed E-state index contributed by atoms with van der Waals surface area (Å²) < 4.78 is 0. The van der Waals surface area contributed by atoms with Gasteiger partial charge in [-0.05, 0) is 60.1 Å². The molecule has 104 valence electrons. The minimum absolute atomic E-state index is 0.162. The molecule has 21 heavy (non-hydrogen) atoms. The fourth-order valence-electron chi connectivity index (χ4n) is 3.74. The molecule has 2 aliphatic carbocycles. The smallest absolute Gasteiger partial charge is 0.0677 e. The third-order valence-corrected chi connectivity index (χ3v) is 4.83. The standard InChI is InChI=1S/C19H18N2/c20-12-14-5-3-7-19(14)21-16-8-9-18-15(11-16)10-13-4-1-2-6-17(13)18/h1-2,4,6,8-9,11,14,19,21H,3,5,7,10H2. The van der Waals surface area contributed by atoms with Gasteiger partial charge in [0.2, 0.25) is 0 Å². The van der Waals surface area contributed by atoms with Crippen LogP contribution in [0.4, 0.5) is 5.69 Å². The van der Waals surface area contributed by atoms with Gasteiger partial charge in [0.15, 0.2) is 0 Å². The van der Waals surface area contributed by atoms with Crippen molar-refractivity contribution in [1.29, 1.82) is 5.26 Å². The molecule has 2 aromatic carbocycles. The van der Waals surface area contributed by atoms with Gasteiger partial charge < -0.3 is 5.32 Å². The molecule has 0 amide bonds. The van der Waals surface area contributed by atoms with Gasteiger partial charge in [0.05, 0.1) is 12.0 Å². The maximum absolute atomic E-state index is 9.20. The van der Waals surface area contributed by atoms with E-state index < -0.39 is 0 Å². The Balaban J connectivity index is 1.60. The largest absolute Gasteiger partial charge is 0.381 e. The monoisotopic (exact) mass is 274 g/mol. The molecule has 0 saturated heterocycles. The predicted octanol–water partition coefficient (Wildman–Crippen LogP) is 4.36. The number of nitrogens with one attached hydrogen (secondary N) is 1. The number of anilines is 1. The van der Waals surface area contributed by atoms with Crippen LogP contribution in [0.2, 0.25) is 0 Å². The molecule has 2 aromatic rings. The summed E-state index contributed by atoms with van der Waals surface area (Å²) in [5.74, 6) is 0.162. The molecule has 0 bridgehead atoms. The summed E-state index contributed by atoms with van der Waals surface area (Å²) in [5, 5.41) is 12.8. The molecule has 1 fully saturated rings. The summed E-state index contributed by atoms with van der Waals surface area (Å²) in [4.78, 5) is 0. The zero-order chi connectivity index (χ0) is 14.2. The molecule has 0 aromatic heterocycles. The molecule has 2 nitrogen and oxygen atoms in total. The Bertz CT molecular complexity index is 727. The maximum atomic E-state index is 9.20. The van der Waals surface area contributed by atoms with Gasteiger partial charge in [-0.15, -0.1) is 0 Å². The molecule has 0 aliphatic heterocycles. The van der Waals surface area contributed by atoms with E-state index in [1.165, 1.54) is 22.3 Å². The molecular weight excluding hydrogens is 256 g/mol. The Labute approximate surface area is 125 Å². The van der Waals surface area contributed by atoms with Crippen molar-refractivity contribution in [2.24, 2.45) is 5.92 Å². The number of nitriles is 1. The van der Waals surface area contributed by atoms with Gasteiger partial charge in [-0.25, -0.2) is 0 Å². The average molecular weight is 274 g/mol. The van der Waals surface area contributed by atoms with Crippen LogP contribution in [0.5, 0.6) is 0 Å². The third-order valence-electron chi connectivity index (χ3n) is 4.83. The number of rotatable bonds is 2. The lowest BCUT2D eigenvalue weighted by atomic mass is 10.0. The van der Waals surface area contributed by atoms with Crippen molar-refractivity contribution in [1.82, 2.24) is 0 Å². The number of benzene rings is 2. The van der Waals surface area contributed by atoms with Crippen molar-refractivity contribution in [3.05, 3.63) is 53.6 Å². The van der Waals surface area contributed by atoms with Gasteiger partial charge in [-0.2, -0.15) is 5.26 Å². The van der Waals surface area contributed by atoms with Gasteiger partial charge >= 0.3 is 0 Å². The van der Waals surface area contributed by atoms with E-state index >= 15 is 0 Å². The van der Waals surface area contributed by atoms with E-state index in [4.69, 9.17) is 0 Å². The van der Waals surface area contributed by atoms with E-state index in [9.17, 15) is 5.26 Å². The van der Waals surface area contributed by atoms with Gasteiger partial charge in [-0.3, -0.25) is 0 Å². The Hall–Kier alpha value is -2.27. The molecule has 0 spiro atoms. The number of nitrogens with zero attached hydrogens (tertiary/aromatic N) is 1. The maximum Gasteiger partial charge on any atom is 0.0677 e. The second kappa shape index (κ2) is 4.93. The van der Waals surface area contributed by atoms with Crippen LogP contribution in [0, 0.1) is 17.2 Å². The van der Waals surface area contributed by atoms with Crippen LogP contribution < -0.4 is 5.32 Å². The molecule has 4 rings (SSSR count). The van der Waals surface area contributed by atoms with Crippen LogP contribution in [0.25, 0.3) is 11.1 Å². The Morgan fingerprint density at radius 1 is 1.00 bits per heavy atom. The van der Waals surface area contributed by atoms with E-state index in [1.54, 1.807) is 0 Å². The van der Waals surface area contributed by atoms with E-state index in [2.05, 4.69) is 53.9 Å². The van der Waals surface area contributed by atoms with Crippen LogP contribution in [-0.2, 0) is 6.42 Å². The van der Waals surface area contributed by atoms with Crippen LogP contribution in [0.3, 0.4) is 0 Å². The summed E-state index contributed by atoms with van der Waals surface area (Å²) in [5.41, 5.74) is 6.70. The molecule has 2 aliphatic rings. The first-order valence-electron chi connectivity index (χ1n) is 7.72. The Morgan fingerprint density at radius 3 is 2.76 bits per heavy atom. The van der Waals surface area contributed by atoms with Crippen LogP contribution in [-0.4, -0.2) is 6.04 Å². The van der Waals surface area contributed by atoms with Gasteiger partial charge in [0, 0.05) is 11.7 Å². The average Bonchev–Trinajstić information content (AvgIpc) is 3.10. The second-order valence-corrected chi connectivity index (χ2v) is 6.12. The Kier molecular flexibility index (Phi) is 2.93. The fourth-order valence-corrected chi connectivity index (χ4v) is 3.74. The molecule has 1 saturated carbocycles. The van der Waals surface area contributed by atoms with Crippen molar-refractivity contribution in [3.8, 4) is 17.2 Å². The number of hydrogen-bond donors (Lipinski definition) is 1. The highest BCUT2D eigenvalue weighted by molar-refractivity contribution is 5.78. The second-order valence-electron chi connectivity index (χ2n) is 6.12. The zero-order valence-electron chi connectivity index (χ0n) is 12.0. The predicted molar refractivity (Wildman–Crippen MR) is 85.0 cm³/mol. The van der Waals surface area contributed by atoms with Crippen LogP contribution >= 0.6 is 0 Å².